The van der Waals surface area contributed by atoms with Crippen molar-refractivity contribution in [2.45, 2.75) is 19.4 Å². The van der Waals surface area contributed by atoms with Gasteiger partial charge in [-0.25, -0.2) is 4.79 Å². The summed E-state index contributed by atoms with van der Waals surface area (Å²) in [5.74, 6) is 0.715. The molecule has 1 heterocycles. The average Bonchev–Trinajstić information content (AvgIpc) is 2.56. The van der Waals surface area contributed by atoms with Crippen LogP contribution in [-0.4, -0.2) is 6.61 Å². The molecule has 0 aliphatic carbocycles. The van der Waals surface area contributed by atoms with E-state index in [4.69, 9.17) is 9.15 Å². The van der Waals surface area contributed by atoms with Crippen LogP contribution in [0.3, 0.4) is 0 Å². The molecule has 0 atom stereocenters. The lowest BCUT2D eigenvalue weighted by Gasteiger charge is -2.05. The normalized spacial score (nSPS) is 10.9. The number of ether oxygens (including phenoxy) is 1. The summed E-state index contributed by atoms with van der Waals surface area (Å²) in [5, 5.41) is 1.56. The standard InChI is InChI=1S/C19H18O3/c20-19-18-11-5-4-9-16(18)13-17(22-19)10-6-12-21-14-15-7-2-1-3-8-15/h1-5,7-9,11,13H,6,10,12,14H2. The largest absolute Gasteiger partial charge is 0.427 e. The van der Waals surface area contributed by atoms with E-state index in [0.717, 1.165) is 11.8 Å². The van der Waals surface area contributed by atoms with E-state index < -0.39 is 0 Å². The second kappa shape index (κ2) is 7.05. The van der Waals surface area contributed by atoms with E-state index in [1.165, 1.54) is 5.56 Å². The molecule has 0 unspecified atom stereocenters. The van der Waals surface area contributed by atoms with Gasteiger partial charge in [-0.3, -0.25) is 0 Å². The minimum absolute atomic E-state index is 0.265. The minimum Gasteiger partial charge on any atom is -0.427 e. The van der Waals surface area contributed by atoms with Gasteiger partial charge in [-0.1, -0.05) is 48.5 Å². The van der Waals surface area contributed by atoms with Crippen LogP contribution in [0.15, 0.2) is 69.9 Å². The molecule has 3 rings (SSSR count). The van der Waals surface area contributed by atoms with Crippen LogP contribution in [0, 0.1) is 0 Å². The molecule has 2 aromatic carbocycles. The number of fused-ring (bicyclic) bond motifs is 1. The molecule has 22 heavy (non-hydrogen) atoms. The molecular formula is C19H18O3. The third kappa shape index (κ3) is 3.62. The van der Waals surface area contributed by atoms with E-state index in [1.807, 2.05) is 54.6 Å². The van der Waals surface area contributed by atoms with Crippen molar-refractivity contribution >= 4 is 10.8 Å². The fourth-order valence-electron chi connectivity index (χ4n) is 2.42. The first-order valence-electron chi connectivity index (χ1n) is 7.46. The number of hydrogen-bond acceptors (Lipinski definition) is 3. The molecule has 1 aromatic heterocycles. The summed E-state index contributed by atoms with van der Waals surface area (Å²) in [5.41, 5.74) is 0.901. The van der Waals surface area contributed by atoms with Crippen molar-refractivity contribution in [3.8, 4) is 0 Å². The van der Waals surface area contributed by atoms with Gasteiger partial charge in [0.1, 0.15) is 5.76 Å². The second-order valence-corrected chi connectivity index (χ2v) is 5.23. The molecule has 0 bridgehead atoms. The van der Waals surface area contributed by atoms with Gasteiger partial charge in [-0.05, 0) is 29.5 Å². The van der Waals surface area contributed by atoms with Crippen molar-refractivity contribution in [1.82, 2.24) is 0 Å². The van der Waals surface area contributed by atoms with Gasteiger partial charge in [0.05, 0.1) is 12.0 Å². The average molecular weight is 294 g/mol. The molecule has 0 fully saturated rings. The topological polar surface area (TPSA) is 39.4 Å². The van der Waals surface area contributed by atoms with Crippen molar-refractivity contribution < 1.29 is 9.15 Å². The smallest absolute Gasteiger partial charge is 0.343 e. The zero-order chi connectivity index (χ0) is 15.2. The first-order chi connectivity index (χ1) is 10.8. The van der Waals surface area contributed by atoms with Crippen molar-refractivity contribution in [2.75, 3.05) is 6.61 Å². The highest BCUT2D eigenvalue weighted by Crippen LogP contribution is 2.13. The number of benzene rings is 2. The van der Waals surface area contributed by atoms with E-state index >= 15 is 0 Å². The monoisotopic (exact) mass is 294 g/mol. The van der Waals surface area contributed by atoms with Crippen LogP contribution in [-0.2, 0) is 17.8 Å². The summed E-state index contributed by atoms with van der Waals surface area (Å²) >= 11 is 0. The number of aryl methyl sites for hydroxylation is 1. The lowest BCUT2D eigenvalue weighted by Crippen LogP contribution is -2.03. The van der Waals surface area contributed by atoms with Crippen LogP contribution < -0.4 is 5.63 Å². The highest BCUT2D eigenvalue weighted by Gasteiger charge is 2.03. The quantitative estimate of drug-likeness (QED) is 0.646. The fraction of sp³-hybridized carbons (Fsp3) is 0.211. The molecule has 0 saturated carbocycles. The van der Waals surface area contributed by atoms with Crippen LogP contribution in [0.25, 0.3) is 10.8 Å². The Kier molecular flexibility index (Phi) is 4.66. The van der Waals surface area contributed by atoms with Crippen LogP contribution in [0.4, 0.5) is 0 Å². The Balaban J connectivity index is 1.53. The molecule has 0 radical (unpaired) electrons. The Hall–Kier alpha value is -2.39. The lowest BCUT2D eigenvalue weighted by atomic mass is 10.1. The summed E-state index contributed by atoms with van der Waals surface area (Å²) in [7, 11) is 0. The highest BCUT2D eigenvalue weighted by molar-refractivity contribution is 5.81. The maximum Gasteiger partial charge on any atom is 0.343 e. The highest BCUT2D eigenvalue weighted by atomic mass is 16.5. The maximum atomic E-state index is 11.9. The second-order valence-electron chi connectivity index (χ2n) is 5.23. The van der Waals surface area contributed by atoms with Crippen molar-refractivity contribution in [1.29, 1.82) is 0 Å². The maximum absolute atomic E-state index is 11.9. The summed E-state index contributed by atoms with van der Waals surface area (Å²) in [4.78, 5) is 11.9. The summed E-state index contributed by atoms with van der Waals surface area (Å²) in [6, 6.07) is 19.5. The van der Waals surface area contributed by atoms with Gasteiger partial charge >= 0.3 is 5.63 Å². The third-order valence-corrected chi connectivity index (χ3v) is 3.54. The summed E-state index contributed by atoms with van der Waals surface area (Å²) in [6.45, 7) is 1.26. The molecular weight excluding hydrogens is 276 g/mol. The van der Waals surface area contributed by atoms with Gasteiger partial charge < -0.3 is 9.15 Å². The van der Waals surface area contributed by atoms with Crippen LogP contribution in [0.5, 0.6) is 0 Å². The Morgan fingerprint density at radius 2 is 1.73 bits per heavy atom. The minimum atomic E-state index is -0.265. The molecule has 0 spiro atoms. The molecule has 0 N–H and O–H groups in total. The lowest BCUT2D eigenvalue weighted by molar-refractivity contribution is 0.117. The molecule has 0 aliphatic heterocycles. The van der Waals surface area contributed by atoms with Gasteiger partial charge in [0.2, 0.25) is 0 Å². The van der Waals surface area contributed by atoms with E-state index in [2.05, 4.69) is 0 Å². The van der Waals surface area contributed by atoms with Crippen LogP contribution in [0.2, 0.25) is 0 Å². The SMILES string of the molecule is O=c1oc(CCCOCc2ccccc2)cc2ccccc12. The molecule has 3 heteroatoms. The van der Waals surface area contributed by atoms with Gasteiger partial charge in [-0.2, -0.15) is 0 Å². The van der Waals surface area contributed by atoms with Crippen molar-refractivity contribution in [2.24, 2.45) is 0 Å². The van der Waals surface area contributed by atoms with E-state index in [0.29, 0.717) is 30.8 Å². The Morgan fingerprint density at radius 3 is 2.59 bits per heavy atom. The zero-order valence-corrected chi connectivity index (χ0v) is 12.3. The molecule has 0 saturated heterocycles. The first kappa shape index (κ1) is 14.5. The first-order valence-corrected chi connectivity index (χ1v) is 7.46. The molecule has 0 amide bonds. The molecule has 112 valence electrons. The summed E-state index contributed by atoms with van der Waals surface area (Å²) in [6.07, 6.45) is 1.53. The van der Waals surface area contributed by atoms with E-state index in [1.54, 1.807) is 6.07 Å². The summed E-state index contributed by atoms with van der Waals surface area (Å²) < 4.78 is 11.0. The Morgan fingerprint density at radius 1 is 0.955 bits per heavy atom. The Bertz CT molecular complexity index is 790. The van der Waals surface area contributed by atoms with Crippen LogP contribution in [0.1, 0.15) is 17.7 Å². The number of hydrogen-bond donors (Lipinski definition) is 0. The third-order valence-electron chi connectivity index (χ3n) is 3.54. The molecule has 3 aromatic rings. The molecule has 3 nitrogen and oxygen atoms in total. The predicted molar refractivity (Wildman–Crippen MR) is 86.9 cm³/mol. The van der Waals surface area contributed by atoms with Gasteiger partial charge in [0, 0.05) is 13.0 Å². The van der Waals surface area contributed by atoms with Crippen molar-refractivity contribution in [3.63, 3.8) is 0 Å². The van der Waals surface area contributed by atoms with Gasteiger partial charge in [0.15, 0.2) is 0 Å². The Labute approximate surface area is 129 Å². The van der Waals surface area contributed by atoms with E-state index in [-0.39, 0.29) is 5.63 Å². The zero-order valence-electron chi connectivity index (χ0n) is 12.3. The van der Waals surface area contributed by atoms with Gasteiger partial charge in [0.25, 0.3) is 0 Å². The van der Waals surface area contributed by atoms with Crippen molar-refractivity contribution in [3.05, 3.63) is 82.4 Å². The van der Waals surface area contributed by atoms with E-state index in [9.17, 15) is 4.79 Å². The number of rotatable bonds is 6. The van der Waals surface area contributed by atoms with Gasteiger partial charge in [-0.15, -0.1) is 0 Å². The van der Waals surface area contributed by atoms with Crippen LogP contribution >= 0.6 is 0 Å². The molecule has 0 aliphatic rings. The fourth-order valence-corrected chi connectivity index (χ4v) is 2.42. The predicted octanol–water partition coefficient (Wildman–Crippen LogP) is 3.94.